The third-order valence-electron chi connectivity index (χ3n) is 1.78. The summed E-state index contributed by atoms with van der Waals surface area (Å²) in [6.45, 7) is 0. The van der Waals surface area contributed by atoms with Crippen molar-refractivity contribution >= 4 is 38.4 Å². The van der Waals surface area contributed by atoms with E-state index in [1.54, 1.807) is 6.07 Å². The van der Waals surface area contributed by atoms with Gasteiger partial charge in [0.1, 0.15) is 0 Å². The van der Waals surface area contributed by atoms with Crippen LogP contribution < -0.4 is 11.2 Å². The van der Waals surface area contributed by atoms with Gasteiger partial charge in [-0.1, -0.05) is 11.6 Å². The van der Waals surface area contributed by atoms with Crippen LogP contribution in [0.3, 0.4) is 0 Å². The zero-order valence-corrected chi connectivity index (χ0v) is 9.07. The fraction of sp³-hybridized carbons (Fsp3) is 0. The van der Waals surface area contributed by atoms with Crippen molar-refractivity contribution in [2.45, 2.75) is 0 Å². The van der Waals surface area contributed by atoms with Gasteiger partial charge in [-0.15, -0.1) is 0 Å². The highest BCUT2D eigenvalue weighted by atomic mass is 79.9. The molecule has 0 saturated carbocycles. The average molecular weight is 275 g/mol. The van der Waals surface area contributed by atoms with E-state index in [0.717, 1.165) is 0 Å². The number of hydrogen-bond donors (Lipinski definition) is 2. The predicted molar refractivity (Wildman–Crippen MR) is 57.9 cm³/mol. The van der Waals surface area contributed by atoms with E-state index in [1.807, 2.05) is 0 Å². The van der Waals surface area contributed by atoms with Gasteiger partial charge < -0.3 is 4.98 Å². The van der Waals surface area contributed by atoms with E-state index in [4.69, 9.17) is 11.6 Å². The molecular formula is C8H4BrClN2O2. The van der Waals surface area contributed by atoms with Crippen LogP contribution in [0, 0.1) is 0 Å². The second kappa shape index (κ2) is 3.25. The molecule has 0 saturated heterocycles. The van der Waals surface area contributed by atoms with Gasteiger partial charge in [-0.3, -0.25) is 9.78 Å². The van der Waals surface area contributed by atoms with Crippen molar-refractivity contribution in [1.82, 2.24) is 9.97 Å². The first kappa shape index (κ1) is 9.48. The van der Waals surface area contributed by atoms with Crippen LogP contribution in [0.1, 0.15) is 0 Å². The number of H-pyrrole nitrogens is 2. The minimum atomic E-state index is -0.531. The van der Waals surface area contributed by atoms with Gasteiger partial charge in [0.15, 0.2) is 0 Å². The molecule has 0 amide bonds. The van der Waals surface area contributed by atoms with E-state index < -0.39 is 11.2 Å². The monoisotopic (exact) mass is 274 g/mol. The van der Waals surface area contributed by atoms with Crippen molar-refractivity contribution in [1.29, 1.82) is 0 Å². The van der Waals surface area contributed by atoms with Crippen LogP contribution in [-0.4, -0.2) is 9.97 Å². The summed E-state index contributed by atoms with van der Waals surface area (Å²) >= 11 is 9.01. The minimum Gasteiger partial charge on any atom is -0.307 e. The Morgan fingerprint density at radius 3 is 2.64 bits per heavy atom. The summed E-state index contributed by atoms with van der Waals surface area (Å²) in [5.74, 6) is 0. The summed E-state index contributed by atoms with van der Waals surface area (Å²) in [4.78, 5) is 26.9. The number of hydrogen-bond acceptors (Lipinski definition) is 2. The standard InChI is InChI=1S/C8H4BrClN2O2/c9-4-2-6-3(1-5(4)10)7(13)12-8(14)11-6/h1-2H,(H2,11,12,13,14). The average Bonchev–Trinajstić information content (AvgIpc) is 2.08. The Morgan fingerprint density at radius 1 is 1.21 bits per heavy atom. The van der Waals surface area contributed by atoms with Crippen molar-refractivity contribution in [2.75, 3.05) is 0 Å². The summed E-state index contributed by atoms with van der Waals surface area (Å²) < 4.78 is 0.632. The highest BCUT2D eigenvalue weighted by molar-refractivity contribution is 9.10. The number of benzene rings is 1. The number of halogens is 2. The molecule has 2 rings (SSSR count). The Balaban J connectivity index is 3.03. The topological polar surface area (TPSA) is 65.7 Å². The van der Waals surface area contributed by atoms with Crippen molar-refractivity contribution in [3.05, 3.63) is 42.5 Å². The molecule has 14 heavy (non-hydrogen) atoms. The summed E-state index contributed by atoms with van der Waals surface area (Å²) in [6.07, 6.45) is 0. The number of nitrogens with one attached hydrogen (secondary N) is 2. The molecule has 2 aromatic rings. The number of fused-ring (bicyclic) bond motifs is 1. The summed E-state index contributed by atoms with van der Waals surface area (Å²) in [6, 6.07) is 3.09. The maximum Gasteiger partial charge on any atom is 0.326 e. The van der Waals surface area contributed by atoms with Crippen LogP contribution in [0.2, 0.25) is 5.02 Å². The van der Waals surface area contributed by atoms with Crippen LogP contribution in [0.15, 0.2) is 26.2 Å². The Morgan fingerprint density at radius 2 is 1.93 bits per heavy atom. The Hall–Kier alpha value is -1.07. The lowest BCUT2D eigenvalue weighted by atomic mass is 10.2. The first-order chi connectivity index (χ1) is 6.58. The molecular weight excluding hydrogens is 271 g/mol. The SMILES string of the molecule is O=c1[nH]c(=O)c2cc(Cl)c(Br)cc2[nH]1. The van der Waals surface area contributed by atoms with Crippen molar-refractivity contribution in [3.8, 4) is 0 Å². The largest absolute Gasteiger partial charge is 0.326 e. The van der Waals surface area contributed by atoms with E-state index in [1.165, 1.54) is 6.07 Å². The Labute approximate surface area is 91.0 Å². The second-order valence-corrected chi connectivity index (χ2v) is 3.98. The molecule has 72 valence electrons. The van der Waals surface area contributed by atoms with Crippen LogP contribution in [-0.2, 0) is 0 Å². The van der Waals surface area contributed by atoms with Gasteiger partial charge in [-0.2, -0.15) is 0 Å². The molecule has 0 aliphatic heterocycles. The van der Waals surface area contributed by atoms with Crippen molar-refractivity contribution in [2.24, 2.45) is 0 Å². The fourth-order valence-electron chi connectivity index (χ4n) is 1.16. The summed E-state index contributed by atoms with van der Waals surface area (Å²) in [7, 11) is 0. The molecule has 1 aromatic carbocycles. The number of aromatic nitrogens is 2. The second-order valence-electron chi connectivity index (χ2n) is 2.72. The molecule has 1 heterocycles. The molecule has 0 atom stereocenters. The fourth-order valence-corrected chi connectivity index (χ4v) is 1.67. The number of aromatic amines is 2. The third-order valence-corrected chi connectivity index (χ3v) is 2.98. The molecule has 0 radical (unpaired) electrons. The number of rotatable bonds is 0. The molecule has 2 N–H and O–H groups in total. The van der Waals surface area contributed by atoms with Crippen LogP contribution >= 0.6 is 27.5 Å². The van der Waals surface area contributed by atoms with Gasteiger partial charge in [0, 0.05) is 4.47 Å². The van der Waals surface area contributed by atoms with E-state index >= 15 is 0 Å². The van der Waals surface area contributed by atoms with Crippen molar-refractivity contribution < 1.29 is 0 Å². The maximum absolute atomic E-state index is 11.3. The van der Waals surface area contributed by atoms with E-state index in [0.29, 0.717) is 20.4 Å². The van der Waals surface area contributed by atoms with Crippen LogP contribution in [0.4, 0.5) is 0 Å². The molecule has 1 aromatic heterocycles. The summed E-state index contributed by atoms with van der Waals surface area (Å²) in [5.41, 5.74) is -0.523. The van der Waals surface area contributed by atoms with Gasteiger partial charge in [-0.05, 0) is 28.1 Å². The Bertz CT molecular complexity index is 617. The van der Waals surface area contributed by atoms with Gasteiger partial charge in [0.25, 0.3) is 5.56 Å². The van der Waals surface area contributed by atoms with E-state index in [9.17, 15) is 9.59 Å². The van der Waals surface area contributed by atoms with Gasteiger partial charge in [0.2, 0.25) is 0 Å². The predicted octanol–water partition coefficient (Wildman–Crippen LogP) is 1.63. The molecule has 0 unspecified atom stereocenters. The lowest BCUT2D eigenvalue weighted by molar-refractivity contribution is 1.08. The molecule has 4 nitrogen and oxygen atoms in total. The van der Waals surface area contributed by atoms with E-state index in [-0.39, 0.29) is 0 Å². The molecule has 0 aliphatic carbocycles. The van der Waals surface area contributed by atoms with Gasteiger partial charge >= 0.3 is 5.69 Å². The lowest BCUT2D eigenvalue weighted by Crippen LogP contribution is -2.21. The molecule has 6 heteroatoms. The summed E-state index contributed by atoms with van der Waals surface area (Å²) in [5, 5.41) is 0.785. The smallest absolute Gasteiger partial charge is 0.307 e. The van der Waals surface area contributed by atoms with Crippen molar-refractivity contribution in [3.63, 3.8) is 0 Å². The first-order valence-electron chi connectivity index (χ1n) is 3.69. The third kappa shape index (κ3) is 1.49. The molecule has 0 spiro atoms. The molecule has 0 fully saturated rings. The molecule has 0 bridgehead atoms. The lowest BCUT2D eigenvalue weighted by Gasteiger charge is -1.99. The van der Waals surface area contributed by atoms with Crippen LogP contribution in [0.25, 0.3) is 10.9 Å². The zero-order chi connectivity index (χ0) is 10.3. The zero-order valence-electron chi connectivity index (χ0n) is 6.73. The highest BCUT2D eigenvalue weighted by Gasteiger charge is 2.04. The molecule has 0 aliphatic rings. The van der Waals surface area contributed by atoms with Crippen LogP contribution in [0.5, 0.6) is 0 Å². The first-order valence-corrected chi connectivity index (χ1v) is 4.86. The van der Waals surface area contributed by atoms with Gasteiger partial charge in [-0.25, -0.2) is 4.79 Å². The minimum absolute atomic E-state index is 0.359. The maximum atomic E-state index is 11.3. The Kier molecular flexibility index (Phi) is 2.20. The quantitative estimate of drug-likeness (QED) is 0.767. The van der Waals surface area contributed by atoms with E-state index in [2.05, 4.69) is 25.9 Å². The highest BCUT2D eigenvalue weighted by Crippen LogP contribution is 2.24. The van der Waals surface area contributed by atoms with Gasteiger partial charge in [0.05, 0.1) is 15.9 Å². The normalized spacial score (nSPS) is 10.7.